The number of benzene rings is 1. The highest BCUT2D eigenvalue weighted by Gasteiger charge is 2.42. The van der Waals surface area contributed by atoms with Crippen molar-refractivity contribution in [2.24, 2.45) is 17.8 Å². The van der Waals surface area contributed by atoms with E-state index in [1.54, 1.807) is 26.4 Å². The summed E-state index contributed by atoms with van der Waals surface area (Å²) in [5, 5.41) is 7.21. The summed E-state index contributed by atoms with van der Waals surface area (Å²) in [5.41, 5.74) is 0.770. The Labute approximate surface area is 171 Å². The number of carbonyl (C=O) groups is 1. The maximum atomic E-state index is 12.4. The summed E-state index contributed by atoms with van der Waals surface area (Å²) in [6.45, 7) is 2.14. The Balaban J connectivity index is 1.31. The van der Waals surface area contributed by atoms with E-state index in [-0.39, 0.29) is 11.9 Å². The van der Waals surface area contributed by atoms with E-state index in [0.29, 0.717) is 42.0 Å². The van der Waals surface area contributed by atoms with Crippen LogP contribution in [0, 0.1) is 17.8 Å². The van der Waals surface area contributed by atoms with Crippen molar-refractivity contribution < 1.29 is 18.8 Å². The monoisotopic (exact) mass is 399 g/mol. The molecular weight excluding hydrogens is 370 g/mol. The lowest BCUT2D eigenvalue weighted by molar-refractivity contribution is -0.122. The van der Waals surface area contributed by atoms with Crippen LogP contribution in [0.25, 0.3) is 11.4 Å². The minimum absolute atomic E-state index is 0.0474. The van der Waals surface area contributed by atoms with E-state index in [4.69, 9.17) is 14.0 Å². The smallest absolute Gasteiger partial charge is 0.227 e. The number of carbonyl (C=O) groups excluding carboxylic acids is 1. The number of fused-ring (bicyclic) bond motifs is 2. The summed E-state index contributed by atoms with van der Waals surface area (Å²) >= 11 is 0. The van der Waals surface area contributed by atoms with Crippen LogP contribution in [0.4, 0.5) is 0 Å². The van der Waals surface area contributed by atoms with E-state index in [2.05, 4.69) is 22.4 Å². The van der Waals surface area contributed by atoms with Gasteiger partial charge in [-0.05, 0) is 62.1 Å². The van der Waals surface area contributed by atoms with E-state index < -0.39 is 0 Å². The maximum absolute atomic E-state index is 12.4. The van der Waals surface area contributed by atoms with Gasteiger partial charge in [-0.15, -0.1) is 0 Å². The summed E-state index contributed by atoms with van der Waals surface area (Å²) in [7, 11) is 3.17. The van der Waals surface area contributed by atoms with Gasteiger partial charge in [-0.2, -0.15) is 4.98 Å². The molecule has 4 atom stereocenters. The SMILES string of the molecule is COc1ccc(-c2noc(CCC(=O)NC(C)C3CC4CCC3C4)n2)cc1OC. The molecule has 2 bridgehead atoms. The molecule has 4 unspecified atom stereocenters. The van der Waals surface area contributed by atoms with Gasteiger partial charge in [-0.3, -0.25) is 4.79 Å². The normalized spacial score (nSPS) is 23.8. The van der Waals surface area contributed by atoms with Crippen LogP contribution in [0.1, 0.15) is 44.9 Å². The van der Waals surface area contributed by atoms with Crippen molar-refractivity contribution in [3.8, 4) is 22.9 Å². The quantitative estimate of drug-likeness (QED) is 0.729. The van der Waals surface area contributed by atoms with E-state index >= 15 is 0 Å². The lowest BCUT2D eigenvalue weighted by Crippen LogP contribution is -2.40. The van der Waals surface area contributed by atoms with Crippen LogP contribution < -0.4 is 14.8 Å². The zero-order chi connectivity index (χ0) is 20.4. The molecule has 1 aromatic carbocycles. The second kappa shape index (κ2) is 8.43. The van der Waals surface area contributed by atoms with Crippen LogP contribution in [0.5, 0.6) is 11.5 Å². The molecule has 2 aliphatic rings. The van der Waals surface area contributed by atoms with Crippen LogP contribution in [-0.4, -0.2) is 36.3 Å². The van der Waals surface area contributed by atoms with Crippen LogP contribution in [0.15, 0.2) is 22.7 Å². The number of hydrogen-bond acceptors (Lipinski definition) is 6. The fourth-order valence-electron chi connectivity index (χ4n) is 5.01. The third kappa shape index (κ3) is 4.23. The van der Waals surface area contributed by atoms with Crippen LogP contribution in [-0.2, 0) is 11.2 Å². The van der Waals surface area contributed by atoms with Crippen molar-refractivity contribution >= 4 is 5.91 Å². The van der Waals surface area contributed by atoms with Crippen molar-refractivity contribution in [1.82, 2.24) is 15.5 Å². The highest BCUT2D eigenvalue weighted by Crippen LogP contribution is 2.49. The molecule has 0 aliphatic heterocycles. The third-order valence-corrected chi connectivity index (χ3v) is 6.50. The first kappa shape index (κ1) is 19.7. The topological polar surface area (TPSA) is 86.5 Å². The van der Waals surface area contributed by atoms with E-state index in [0.717, 1.165) is 17.4 Å². The van der Waals surface area contributed by atoms with Gasteiger partial charge >= 0.3 is 0 Å². The number of amides is 1. The molecule has 7 nitrogen and oxygen atoms in total. The average Bonchev–Trinajstić information content (AvgIpc) is 3.48. The number of nitrogens with zero attached hydrogens (tertiary/aromatic N) is 2. The molecule has 2 aromatic rings. The Hall–Kier alpha value is -2.57. The molecule has 2 fully saturated rings. The van der Waals surface area contributed by atoms with Gasteiger partial charge < -0.3 is 19.3 Å². The first-order valence-electron chi connectivity index (χ1n) is 10.4. The number of aryl methyl sites for hydroxylation is 1. The predicted octanol–water partition coefficient (Wildman–Crippen LogP) is 3.63. The molecule has 29 heavy (non-hydrogen) atoms. The first-order chi connectivity index (χ1) is 14.1. The molecule has 1 amide bonds. The number of ether oxygens (including phenoxy) is 2. The second-order valence-electron chi connectivity index (χ2n) is 8.28. The van der Waals surface area contributed by atoms with Crippen molar-refractivity contribution in [3.63, 3.8) is 0 Å². The van der Waals surface area contributed by atoms with Crippen molar-refractivity contribution in [1.29, 1.82) is 0 Å². The maximum Gasteiger partial charge on any atom is 0.227 e. The fraction of sp³-hybridized carbons (Fsp3) is 0.591. The molecule has 1 heterocycles. The van der Waals surface area contributed by atoms with Gasteiger partial charge in [0, 0.05) is 24.4 Å². The highest BCUT2D eigenvalue weighted by molar-refractivity contribution is 5.76. The molecule has 1 N–H and O–H groups in total. The molecule has 156 valence electrons. The molecule has 4 rings (SSSR count). The first-order valence-corrected chi connectivity index (χ1v) is 10.4. The van der Waals surface area contributed by atoms with Crippen molar-refractivity contribution in [2.45, 2.75) is 51.5 Å². The predicted molar refractivity (Wildman–Crippen MR) is 108 cm³/mol. The Morgan fingerprint density at radius 1 is 1.24 bits per heavy atom. The van der Waals surface area contributed by atoms with E-state index in [1.807, 2.05) is 6.07 Å². The van der Waals surface area contributed by atoms with Gasteiger partial charge in [0.2, 0.25) is 17.6 Å². The van der Waals surface area contributed by atoms with Gasteiger partial charge in [0.05, 0.1) is 14.2 Å². The zero-order valence-electron chi connectivity index (χ0n) is 17.3. The van der Waals surface area contributed by atoms with Gasteiger partial charge in [0.1, 0.15) is 0 Å². The van der Waals surface area contributed by atoms with Gasteiger partial charge in [0.25, 0.3) is 0 Å². The van der Waals surface area contributed by atoms with Crippen molar-refractivity contribution in [2.75, 3.05) is 14.2 Å². The fourth-order valence-corrected chi connectivity index (χ4v) is 5.01. The molecule has 2 saturated carbocycles. The van der Waals surface area contributed by atoms with Crippen LogP contribution >= 0.6 is 0 Å². The molecule has 1 aromatic heterocycles. The largest absolute Gasteiger partial charge is 0.493 e. The summed E-state index contributed by atoms with van der Waals surface area (Å²) in [5.74, 6) is 4.54. The van der Waals surface area contributed by atoms with Crippen LogP contribution in [0.3, 0.4) is 0 Å². The Kier molecular flexibility index (Phi) is 5.74. The molecule has 2 aliphatic carbocycles. The molecule has 0 saturated heterocycles. The Morgan fingerprint density at radius 2 is 2.07 bits per heavy atom. The van der Waals surface area contributed by atoms with Crippen molar-refractivity contribution in [3.05, 3.63) is 24.1 Å². The standard InChI is InChI=1S/C22H29N3O4/c1-13(17-11-14-4-5-15(17)10-14)23-20(26)8-9-21-24-22(25-29-21)16-6-7-18(27-2)19(12-16)28-3/h6-7,12-15,17H,4-5,8-11H2,1-3H3,(H,23,26). The lowest BCUT2D eigenvalue weighted by Gasteiger charge is -2.28. The summed E-state index contributed by atoms with van der Waals surface area (Å²) < 4.78 is 15.9. The van der Waals surface area contributed by atoms with E-state index in [1.165, 1.54) is 25.7 Å². The number of methoxy groups -OCH3 is 2. The van der Waals surface area contributed by atoms with Gasteiger partial charge in [0.15, 0.2) is 11.5 Å². The number of aromatic nitrogens is 2. The third-order valence-electron chi connectivity index (χ3n) is 6.50. The molecular formula is C22H29N3O4. The molecule has 7 heteroatoms. The molecule has 0 radical (unpaired) electrons. The van der Waals surface area contributed by atoms with Crippen LogP contribution in [0.2, 0.25) is 0 Å². The Bertz CT molecular complexity index is 865. The molecule has 0 spiro atoms. The van der Waals surface area contributed by atoms with E-state index in [9.17, 15) is 4.79 Å². The highest BCUT2D eigenvalue weighted by atomic mass is 16.5. The van der Waals surface area contributed by atoms with Gasteiger partial charge in [-0.1, -0.05) is 11.6 Å². The number of rotatable bonds is 8. The summed E-state index contributed by atoms with van der Waals surface area (Å²) in [6, 6.07) is 5.69. The average molecular weight is 399 g/mol. The Morgan fingerprint density at radius 3 is 2.76 bits per heavy atom. The summed E-state index contributed by atoms with van der Waals surface area (Å²) in [6.07, 6.45) is 6.10. The second-order valence-corrected chi connectivity index (χ2v) is 8.28. The minimum Gasteiger partial charge on any atom is -0.493 e. The summed E-state index contributed by atoms with van der Waals surface area (Å²) in [4.78, 5) is 16.8. The lowest BCUT2D eigenvalue weighted by atomic mass is 9.84. The van der Waals surface area contributed by atoms with Gasteiger partial charge in [-0.25, -0.2) is 0 Å². The number of hydrogen-bond donors (Lipinski definition) is 1. The zero-order valence-corrected chi connectivity index (χ0v) is 17.3. The minimum atomic E-state index is 0.0474. The number of nitrogens with one attached hydrogen (secondary N) is 1.